The molecular formula is C23H30N4O5. The number of pyridine rings is 1. The van der Waals surface area contributed by atoms with Gasteiger partial charge in [0.1, 0.15) is 5.75 Å². The van der Waals surface area contributed by atoms with E-state index >= 15 is 0 Å². The fourth-order valence-electron chi connectivity index (χ4n) is 3.61. The van der Waals surface area contributed by atoms with Crippen LogP contribution in [0.4, 0.5) is 0 Å². The molecule has 0 unspecified atom stereocenters. The molecule has 1 aliphatic heterocycles. The van der Waals surface area contributed by atoms with Crippen molar-refractivity contribution in [2.75, 3.05) is 40.8 Å². The summed E-state index contributed by atoms with van der Waals surface area (Å²) >= 11 is 0. The van der Waals surface area contributed by atoms with Crippen LogP contribution >= 0.6 is 0 Å². The van der Waals surface area contributed by atoms with Crippen molar-refractivity contribution in [1.29, 1.82) is 0 Å². The number of nitrogens with zero attached hydrogens (tertiary/aromatic N) is 3. The van der Waals surface area contributed by atoms with Gasteiger partial charge in [0.25, 0.3) is 6.47 Å². The van der Waals surface area contributed by atoms with Gasteiger partial charge >= 0.3 is 0 Å². The summed E-state index contributed by atoms with van der Waals surface area (Å²) in [7, 11) is 5.35. The average Bonchev–Trinajstić information content (AvgIpc) is 2.75. The summed E-state index contributed by atoms with van der Waals surface area (Å²) in [6.07, 6.45) is 3.99. The maximum absolute atomic E-state index is 13.2. The number of methoxy groups -OCH3 is 1. The molecule has 2 N–H and O–H groups in total. The van der Waals surface area contributed by atoms with Crippen molar-refractivity contribution < 1.29 is 24.2 Å². The highest BCUT2D eigenvalue weighted by molar-refractivity contribution is 5.88. The first kappa shape index (κ1) is 24.8. The zero-order chi connectivity index (χ0) is 23.6. The minimum atomic E-state index is -0.642. The van der Waals surface area contributed by atoms with E-state index in [1.165, 1.54) is 0 Å². The second-order valence-corrected chi connectivity index (χ2v) is 7.95. The summed E-state index contributed by atoms with van der Waals surface area (Å²) in [6.45, 7) is 1.33. The van der Waals surface area contributed by atoms with E-state index in [0.29, 0.717) is 32.6 Å². The molecule has 1 aromatic carbocycles. The Labute approximate surface area is 188 Å². The predicted octanol–water partition coefficient (Wildman–Crippen LogP) is 1.04. The average molecular weight is 443 g/mol. The molecule has 1 aromatic heterocycles. The number of carbonyl (C=O) groups excluding carboxylic acids is 2. The standard InChI is InChI=1S/C22H28N4O3.CH2O2/c1-25(2)14-20(27)26-15-22(16-26,11-17-6-4-8-19(10-17)29-3)21(28)24-13-18-7-5-9-23-12-18;2-1-3/h4-10,12H,11,13-16H2,1-3H3,(H,24,28);1H,(H,2,3). The van der Waals surface area contributed by atoms with Crippen LogP contribution in [-0.4, -0.2) is 79.0 Å². The van der Waals surface area contributed by atoms with E-state index in [1.807, 2.05) is 55.4 Å². The summed E-state index contributed by atoms with van der Waals surface area (Å²) in [4.78, 5) is 41.6. The Morgan fingerprint density at radius 3 is 2.53 bits per heavy atom. The number of benzene rings is 1. The molecule has 2 heterocycles. The molecule has 1 fully saturated rings. The van der Waals surface area contributed by atoms with E-state index in [2.05, 4.69) is 10.3 Å². The third kappa shape index (κ3) is 6.78. The summed E-state index contributed by atoms with van der Waals surface area (Å²) in [5.74, 6) is 0.752. The Hall–Kier alpha value is -3.46. The zero-order valence-electron chi connectivity index (χ0n) is 18.7. The van der Waals surface area contributed by atoms with Gasteiger partial charge in [-0.15, -0.1) is 0 Å². The largest absolute Gasteiger partial charge is 0.497 e. The molecule has 1 aliphatic rings. The lowest BCUT2D eigenvalue weighted by atomic mass is 9.73. The molecule has 0 radical (unpaired) electrons. The summed E-state index contributed by atoms with van der Waals surface area (Å²) in [5.41, 5.74) is 1.31. The number of nitrogens with one attached hydrogen (secondary N) is 1. The van der Waals surface area contributed by atoms with Crippen molar-refractivity contribution in [1.82, 2.24) is 20.1 Å². The van der Waals surface area contributed by atoms with Gasteiger partial charge in [0.05, 0.1) is 19.1 Å². The maximum atomic E-state index is 13.2. The molecule has 9 heteroatoms. The van der Waals surface area contributed by atoms with E-state index in [1.54, 1.807) is 24.4 Å². The van der Waals surface area contributed by atoms with E-state index in [0.717, 1.165) is 16.9 Å². The van der Waals surface area contributed by atoms with Crippen LogP contribution in [0.15, 0.2) is 48.8 Å². The number of likely N-dealkylation sites (N-methyl/N-ethyl adjacent to an activating group) is 1. The van der Waals surface area contributed by atoms with Crippen LogP contribution in [0.5, 0.6) is 5.75 Å². The number of aromatic nitrogens is 1. The lowest BCUT2D eigenvalue weighted by Gasteiger charge is -2.49. The van der Waals surface area contributed by atoms with Gasteiger partial charge in [-0.25, -0.2) is 0 Å². The van der Waals surface area contributed by atoms with Gasteiger partial charge in [-0.1, -0.05) is 18.2 Å². The minimum Gasteiger partial charge on any atom is -0.497 e. The highest BCUT2D eigenvalue weighted by Crippen LogP contribution is 2.35. The normalized spacial score (nSPS) is 13.9. The van der Waals surface area contributed by atoms with E-state index < -0.39 is 5.41 Å². The molecule has 32 heavy (non-hydrogen) atoms. The first-order valence-corrected chi connectivity index (χ1v) is 10.1. The van der Waals surface area contributed by atoms with Gasteiger partial charge in [-0.2, -0.15) is 0 Å². The Bertz CT molecular complexity index is 898. The van der Waals surface area contributed by atoms with Gasteiger partial charge in [0, 0.05) is 32.0 Å². The van der Waals surface area contributed by atoms with Crippen LogP contribution < -0.4 is 10.1 Å². The first-order chi connectivity index (χ1) is 15.3. The monoisotopic (exact) mass is 442 g/mol. The van der Waals surface area contributed by atoms with Crippen LogP contribution in [0, 0.1) is 5.41 Å². The van der Waals surface area contributed by atoms with Crippen molar-refractivity contribution >= 4 is 18.3 Å². The van der Waals surface area contributed by atoms with Crippen molar-refractivity contribution in [3.8, 4) is 5.75 Å². The van der Waals surface area contributed by atoms with Crippen molar-refractivity contribution in [2.24, 2.45) is 5.41 Å². The van der Waals surface area contributed by atoms with E-state index in [4.69, 9.17) is 14.6 Å². The molecule has 0 saturated carbocycles. The number of hydrogen-bond donors (Lipinski definition) is 2. The highest BCUT2D eigenvalue weighted by atomic mass is 16.5. The van der Waals surface area contributed by atoms with E-state index in [-0.39, 0.29) is 18.3 Å². The lowest BCUT2D eigenvalue weighted by molar-refractivity contribution is -0.154. The lowest BCUT2D eigenvalue weighted by Crippen LogP contribution is -2.66. The molecule has 0 spiro atoms. The number of amides is 2. The molecule has 0 aliphatic carbocycles. The predicted molar refractivity (Wildman–Crippen MR) is 119 cm³/mol. The quantitative estimate of drug-likeness (QED) is 0.588. The fraction of sp³-hybridized carbons (Fsp3) is 0.391. The van der Waals surface area contributed by atoms with Crippen LogP contribution in [0.3, 0.4) is 0 Å². The van der Waals surface area contributed by atoms with Gasteiger partial charge in [-0.05, 0) is 49.8 Å². The summed E-state index contributed by atoms with van der Waals surface area (Å²) in [6, 6.07) is 11.5. The Morgan fingerprint density at radius 2 is 1.94 bits per heavy atom. The molecule has 1 saturated heterocycles. The Morgan fingerprint density at radius 1 is 1.25 bits per heavy atom. The maximum Gasteiger partial charge on any atom is 0.290 e. The summed E-state index contributed by atoms with van der Waals surface area (Å²) < 4.78 is 5.31. The molecule has 0 bridgehead atoms. The van der Waals surface area contributed by atoms with Crippen LogP contribution in [0.2, 0.25) is 0 Å². The smallest absolute Gasteiger partial charge is 0.290 e. The number of ether oxygens (including phenoxy) is 1. The topological polar surface area (TPSA) is 112 Å². The molecule has 9 nitrogen and oxygen atoms in total. The van der Waals surface area contributed by atoms with Gasteiger partial charge < -0.3 is 25.0 Å². The third-order valence-electron chi connectivity index (χ3n) is 5.13. The molecule has 2 amide bonds. The fourth-order valence-corrected chi connectivity index (χ4v) is 3.61. The zero-order valence-corrected chi connectivity index (χ0v) is 18.7. The molecule has 2 aromatic rings. The number of rotatable bonds is 8. The van der Waals surface area contributed by atoms with Crippen molar-refractivity contribution in [2.45, 2.75) is 13.0 Å². The second kappa shape index (κ2) is 11.8. The van der Waals surface area contributed by atoms with Crippen molar-refractivity contribution in [3.63, 3.8) is 0 Å². The van der Waals surface area contributed by atoms with Crippen LogP contribution in [0.25, 0.3) is 0 Å². The Kier molecular flexibility index (Phi) is 9.15. The van der Waals surface area contributed by atoms with Gasteiger partial charge in [-0.3, -0.25) is 19.4 Å². The SMILES string of the molecule is COc1cccc(CC2(C(=O)NCc3cccnc3)CN(C(=O)CN(C)C)C2)c1.O=CO. The van der Waals surface area contributed by atoms with E-state index in [9.17, 15) is 9.59 Å². The second-order valence-electron chi connectivity index (χ2n) is 7.95. The number of likely N-dealkylation sites (tertiary alicyclic amines) is 1. The number of carbonyl (C=O) groups is 3. The molecule has 3 rings (SSSR count). The first-order valence-electron chi connectivity index (χ1n) is 10.1. The van der Waals surface area contributed by atoms with Gasteiger partial charge in [0.15, 0.2) is 0 Å². The van der Waals surface area contributed by atoms with Gasteiger partial charge in [0.2, 0.25) is 11.8 Å². The highest BCUT2D eigenvalue weighted by Gasteiger charge is 2.50. The third-order valence-corrected chi connectivity index (χ3v) is 5.13. The molecule has 172 valence electrons. The number of carboxylic acid groups (broad SMARTS) is 1. The van der Waals surface area contributed by atoms with Crippen LogP contribution in [-0.2, 0) is 27.3 Å². The summed E-state index contributed by atoms with van der Waals surface area (Å²) in [5, 5.41) is 9.92. The van der Waals surface area contributed by atoms with Crippen molar-refractivity contribution in [3.05, 3.63) is 59.9 Å². The molecule has 0 atom stereocenters. The number of hydrogen-bond acceptors (Lipinski definition) is 6. The Balaban J connectivity index is 0.00000114. The molecular weight excluding hydrogens is 412 g/mol. The van der Waals surface area contributed by atoms with Crippen LogP contribution in [0.1, 0.15) is 11.1 Å². The minimum absolute atomic E-state index is 0.0383.